The van der Waals surface area contributed by atoms with Crippen molar-refractivity contribution in [3.05, 3.63) is 28.5 Å². The van der Waals surface area contributed by atoms with Crippen LogP contribution in [0.1, 0.15) is 11.7 Å². The van der Waals surface area contributed by atoms with E-state index in [2.05, 4.69) is 20.9 Å². The Kier molecular flexibility index (Phi) is 2.90. The van der Waals surface area contributed by atoms with E-state index in [0.29, 0.717) is 4.47 Å². The molecule has 0 fully saturated rings. The fourth-order valence-electron chi connectivity index (χ4n) is 0.756. The van der Waals surface area contributed by atoms with E-state index in [1.165, 1.54) is 6.20 Å². The lowest BCUT2D eigenvalue weighted by atomic mass is 10.2. The van der Waals surface area contributed by atoms with Crippen molar-refractivity contribution in [3.8, 4) is 0 Å². The molecule has 0 saturated carbocycles. The maximum Gasteiger partial charge on any atom is 0.423 e. The summed E-state index contributed by atoms with van der Waals surface area (Å²) in [5, 5.41) is 0. The number of hydrogen-bond donors (Lipinski definition) is 0. The predicted octanol–water partition coefficient (Wildman–Crippen LogP) is 3.42. The van der Waals surface area contributed by atoms with Gasteiger partial charge in [0, 0.05) is 22.4 Å². The van der Waals surface area contributed by atoms with Gasteiger partial charge in [-0.2, -0.15) is 13.2 Å². The van der Waals surface area contributed by atoms with Crippen molar-refractivity contribution < 1.29 is 17.6 Å². The minimum atomic E-state index is -4.87. The van der Waals surface area contributed by atoms with E-state index in [1.54, 1.807) is 0 Å². The first-order valence-corrected chi connectivity index (χ1v) is 4.02. The zero-order chi connectivity index (χ0) is 10.1. The molecule has 0 N–H and O–H groups in total. The maximum absolute atomic E-state index is 12.6. The Morgan fingerprint density at radius 1 is 1.31 bits per heavy atom. The minimum absolute atomic E-state index is 0.317. The normalized spacial score (nSPS) is 14.2. The van der Waals surface area contributed by atoms with Crippen molar-refractivity contribution in [1.82, 2.24) is 4.98 Å². The van der Waals surface area contributed by atoms with Gasteiger partial charge in [-0.1, -0.05) is 0 Å². The number of rotatable bonds is 1. The Morgan fingerprint density at radius 2 is 1.92 bits per heavy atom. The van der Waals surface area contributed by atoms with Gasteiger partial charge in [0.2, 0.25) is 6.17 Å². The maximum atomic E-state index is 12.6. The number of nitrogens with zero attached hydrogens (tertiary/aromatic N) is 1. The molecule has 72 valence electrons. The summed E-state index contributed by atoms with van der Waals surface area (Å²) in [6.07, 6.45) is -5.71. The molecule has 1 unspecified atom stereocenters. The molecule has 0 bridgehead atoms. The molecule has 1 atom stereocenters. The van der Waals surface area contributed by atoms with E-state index >= 15 is 0 Å². The molecule has 6 heteroatoms. The van der Waals surface area contributed by atoms with Crippen LogP contribution >= 0.6 is 15.9 Å². The molecule has 1 aromatic heterocycles. The molecule has 0 aliphatic rings. The lowest BCUT2D eigenvalue weighted by Gasteiger charge is -2.11. The zero-order valence-electron chi connectivity index (χ0n) is 6.15. The first-order chi connectivity index (χ1) is 5.91. The van der Waals surface area contributed by atoms with Gasteiger partial charge in [-0.25, -0.2) is 4.39 Å². The first kappa shape index (κ1) is 10.4. The Balaban J connectivity index is 2.96. The molecule has 0 spiro atoms. The molecule has 1 nitrogen and oxygen atoms in total. The van der Waals surface area contributed by atoms with Gasteiger partial charge in [0.15, 0.2) is 0 Å². The quantitative estimate of drug-likeness (QED) is 0.703. The van der Waals surface area contributed by atoms with Crippen molar-refractivity contribution in [2.45, 2.75) is 12.3 Å². The van der Waals surface area contributed by atoms with E-state index in [1.807, 2.05) is 0 Å². The highest BCUT2D eigenvalue weighted by atomic mass is 79.9. The van der Waals surface area contributed by atoms with Crippen molar-refractivity contribution in [1.29, 1.82) is 0 Å². The smallest absolute Gasteiger partial charge is 0.263 e. The van der Waals surface area contributed by atoms with Gasteiger partial charge in [0.25, 0.3) is 0 Å². The molecule has 0 amide bonds. The molecule has 0 radical (unpaired) electrons. The predicted molar refractivity (Wildman–Crippen MR) is 41.8 cm³/mol. The largest absolute Gasteiger partial charge is 0.423 e. The highest BCUT2D eigenvalue weighted by Gasteiger charge is 2.41. The van der Waals surface area contributed by atoms with E-state index in [9.17, 15) is 17.6 Å². The fraction of sp³-hybridized carbons (Fsp3) is 0.286. The van der Waals surface area contributed by atoms with Crippen LogP contribution in [0.5, 0.6) is 0 Å². The summed E-state index contributed by atoms with van der Waals surface area (Å²) in [4.78, 5) is 3.43. The van der Waals surface area contributed by atoms with Crippen LogP contribution in [-0.2, 0) is 0 Å². The van der Waals surface area contributed by atoms with Gasteiger partial charge in [-0.05, 0) is 22.0 Å². The van der Waals surface area contributed by atoms with E-state index in [-0.39, 0.29) is 0 Å². The van der Waals surface area contributed by atoms with Gasteiger partial charge < -0.3 is 0 Å². The van der Waals surface area contributed by atoms with Crippen LogP contribution in [0.15, 0.2) is 22.9 Å². The van der Waals surface area contributed by atoms with E-state index in [4.69, 9.17) is 0 Å². The summed E-state index contributed by atoms with van der Waals surface area (Å²) in [6.45, 7) is 0. The molecule has 1 aromatic rings. The average molecular weight is 258 g/mol. The van der Waals surface area contributed by atoms with Gasteiger partial charge >= 0.3 is 6.18 Å². The summed E-state index contributed by atoms with van der Waals surface area (Å²) in [5.41, 5.74) is -0.498. The third-order valence-electron chi connectivity index (χ3n) is 1.31. The molecular weight excluding hydrogens is 254 g/mol. The van der Waals surface area contributed by atoms with E-state index < -0.39 is 17.9 Å². The van der Waals surface area contributed by atoms with Gasteiger partial charge in [0.05, 0.1) is 0 Å². The Hall–Kier alpha value is -0.650. The lowest BCUT2D eigenvalue weighted by molar-refractivity contribution is -0.182. The van der Waals surface area contributed by atoms with Crippen LogP contribution in [0.3, 0.4) is 0 Å². The molecule has 1 heterocycles. The summed E-state index contributed by atoms with van der Waals surface area (Å²) in [6, 6.07) is 1.05. The summed E-state index contributed by atoms with van der Waals surface area (Å²) >= 11 is 2.90. The van der Waals surface area contributed by atoms with Crippen molar-refractivity contribution in [2.75, 3.05) is 0 Å². The summed E-state index contributed by atoms with van der Waals surface area (Å²) < 4.78 is 48.5. The Bertz CT molecular complexity index is 299. The first-order valence-electron chi connectivity index (χ1n) is 3.22. The number of aromatic nitrogens is 1. The van der Waals surface area contributed by atoms with Crippen LogP contribution in [0.2, 0.25) is 0 Å². The molecule has 0 aromatic carbocycles. The van der Waals surface area contributed by atoms with Crippen molar-refractivity contribution in [3.63, 3.8) is 0 Å². The standard InChI is InChI=1S/C7H4BrF4N/c8-5-1-4(2-13-3-5)6(9)7(10,11)12/h1-3,6H. The Morgan fingerprint density at radius 3 is 2.38 bits per heavy atom. The van der Waals surface area contributed by atoms with Gasteiger partial charge in [-0.3, -0.25) is 4.98 Å². The summed E-state index contributed by atoms with van der Waals surface area (Å²) in [5.74, 6) is 0. The summed E-state index contributed by atoms with van der Waals surface area (Å²) in [7, 11) is 0. The van der Waals surface area contributed by atoms with Gasteiger partial charge in [0.1, 0.15) is 0 Å². The van der Waals surface area contributed by atoms with Crippen LogP contribution in [-0.4, -0.2) is 11.2 Å². The third kappa shape index (κ3) is 2.65. The van der Waals surface area contributed by atoms with Crippen molar-refractivity contribution in [2.24, 2.45) is 0 Å². The second-order valence-corrected chi connectivity index (χ2v) is 3.26. The van der Waals surface area contributed by atoms with Crippen LogP contribution in [0, 0.1) is 0 Å². The topological polar surface area (TPSA) is 12.9 Å². The number of pyridine rings is 1. The molecule has 1 rings (SSSR count). The third-order valence-corrected chi connectivity index (χ3v) is 1.74. The molecule has 0 saturated heterocycles. The molecular formula is C7H4BrF4N. The average Bonchev–Trinajstić information content (AvgIpc) is 2.01. The minimum Gasteiger partial charge on any atom is -0.263 e. The van der Waals surface area contributed by atoms with Crippen LogP contribution in [0.25, 0.3) is 0 Å². The second-order valence-electron chi connectivity index (χ2n) is 2.34. The second kappa shape index (κ2) is 3.61. The Labute approximate surface area is 79.9 Å². The highest BCUT2D eigenvalue weighted by Crippen LogP contribution is 2.36. The molecule has 13 heavy (non-hydrogen) atoms. The zero-order valence-corrected chi connectivity index (χ0v) is 7.73. The SMILES string of the molecule is FC(c1cncc(Br)c1)C(F)(F)F. The molecule has 0 aliphatic heterocycles. The number of alkyl halides is 4. The fourth-order valence-corrected chi connectivity index (χ4v) is 1.14. The van der Waals surface area contributed by atoms with Crippen LogP contribution in [0.4, 0.5) is 17.6 Å². The van der Waals surface area contributed by atoms with Crippen LogP contribution < -0.4 is 0 Å². The van der Waals surface area contributed by atoms with Gasteiger partial charge in [-0.15, -0.1) is 0 Å². The molecule has 0 aliphatic carbocycles. The van der Waals surface area contributed by atoms with Crippen molar-refractivity contribution >= 4 is 15.9 Å². The number of hydrogen-bond acceptors (Lipinski definition) is 1. The van der Waals surface area contributed by atoms with E-state index in [0.717, 1.165) is 12.3 Å². The number of halogens is 5. The monoisotopic (exact) mass is 257 g/mol. The lowest BCUT2D eigenvalue weighted by Crippen LogP contribution is -2.16. The highest BCUT2D eigenvalue weighted by molar-refractivity contribution is 9.10.